The molecule has 1 saturated heterocycles. The number of nitrogens with zero attached hydrogens (tertiary/aromatic N) is 2. The van der Waals surface area contributed by atoms with Crippen LogP contribution in [0.3, 0.4) is 0 Å². The summed E-state index contributed by atoms with van der Waals surface area (Å²) in [6.45, 7) is 4.86. The Morgan fingerprint density at radius 3 is 2.80 bits per heavy atom. The number of aromatic amines is 1. The van der Waals surface area contributed by atoms with Crippen LogP contribution in [-0.2, 0) is 0 Å². The molecule has 0 atom stereocenters. The van der Waals surface area contributed by atoms with Crippen molar-refractivity contribution in [1.82, 2.24) is 15.1 Å². The summed E-state index contributed by atoms with van der Waals surface area (Å²) in [5.41, 5.74) is 3.09. The standard InChI is InChI=1S/C23H22ClN3O3/c1-13-10-18-19(14(2)20(13)24)17(28)11-23(30-18)6-8-27(9-7-23)22(29)16-5-3-4-15-12-25-26-21(15)16/h3-5,10,12H,6-9,11H2,1-2H3,(H,25,26). The molecule has 0 aliphatic carbocycles. The van der Waals surface area contributed by atoms with Gasteiger partial charge in [-0.05, 0) is 37.1 Å². The van der Waals surface area contributed by atoms with Gasteiger partial charge in [-0.1, -0.05) is 23.7 Å². The highest BCUT2D eigenvalue weighted by atomic mass is 35.5. The van der Waals surface area contributed by atoms with E-state index in [0.717, 1.165) is 22.0 Å². The Bertz CT molecular complexity index is 1190. The molecule has 1 spiro atoms. The third-order valence-corrected chi connectivity index (χ3v) is 6.98. The second-order valence-electron chi connectivity index (χ2n) is 8.32. The number of piperidine rings is 1. The Balaban J connectivity index is 1.38. The molecule has 1 amide bonds. The predicted octanol–water partition coefficient (Wildman–Crippen LogP) is 4.47. The van der Waals surface area contributed by atoms with E-state index in [0.29, 0.717) is 54.3 Å². The van der Waals surface area contributed by atoms with Gasteiger partial charge in [0.1, 0.15) is 11.4 Å². The number of H-pyrrole nitrogens is 1. The number of carbonyl (C=O) groups excluding carboxylic acids is 2. The molecule has 5 rings (SSSR count). The maximum absolute atomic E-state index is 13.1. The summed E-state index contributed by atoms with van der Waals surface area (Å²) in [6.07, 6.45) is 3.26. The van der Waals surface area contributed by atoms with E-state index in [4.69, 9.17) is 16.3 Å². The van der Waals surface area contributed by atoms with Gasteiger partial charge in [-0.15, -0.1) is 0 Å². The van der Waals surface area contributed by atoms with Gasteiger partial charge in [-0.2, -0.15) is 5.10 Å². The van der Waals surface area contributed by atoms with Crippen molar-refractivity contribution in [3.05, 3.63) is 57.7 Å². The van der Waals surface area contributed by atoms with Gasteiger partial charge in [-0.25, -0.2) is 0 Å². The zero-order valence-electron chi connectivity index (χ0n) is 16.9. The molecule has 0 saturated carbocycles. The summed E-state index contributed by atoms with van der Waals surface area (Å²) in [5, 5.41) is 8.50. The van der Waals surface area contributed by atoms with E-state index >= 15 is 0 Å². The van der Waals surface area contributed by atoms with E-state index in [9.17, 15) is 9.59 Å². The van der Waals surface area contributed by atoms with E-state index < -0.39 is 5.60 Å². The molecule has 1 fully saturated rings. The molecule has 1 N–H and O–H groups in total. The van der Waals surface area contributed by atoms with Crippen molar-refractivity contribution in [3.8, 4) is 5.75 Å². The van der Waals surface area contributed by atoms with E-state index in [2.05, 4.69) is 10.2 Å². The quantitative estimate of drug-likeness (QED) is 0.626. The molecule has 154 valence electrons. The Labute approximate surface area is 179 Å². The van der Waals surface area contributed by atoms with Gasteiger partial charge in [0.2, 0.25) is 0 Å². The molecular weight excluding hydrogens is 402 g/mol. The van der Waals surface area contributed by atoms with Crippen LogP contribution >= 0.6 is 11.6 Å². The first kappa shape index (κ1) is 19.1. The molecule has 30 heavy (non-hydrogen) atoms. The number of nitrogens with one attached hydrogen (secondary N) is 1. The van der Waals surface area contributed by atoms with Gasteiger partial charge in [0.05, 0.1) is 29.3 Å². The number of likely N-dealkylation sites (tertiary alicyclic amines) is 1. The fourth-order valence-electron chi connectivity index (χ4n) is 4.71. The number of carbonyl (C=O) groups is 2. The number of halogens is 1. The van der Waals surface area contributed by atoms with Crippen LogP contribution in [0.15, 0.2) is 30.5 Å². The van der Waals surface area contributed by atoms with Gasteiger partial charge >= 0.3 is 0 Å². The fourth-order valence-corrected chi connectivity index (χ4v) is 4.86. The maximum Gasteiger partial charge on any atom is 0.256 e. The zero-order valence-corrected chi connectivity index (χ0v) is 17.7. The lowest BCUT2D eigenvalue weighted by Gasteiger charge is -2.44. The minimum Gasteiger partial charge on any atom is -0.486 e. The molecule has 0 bridgehead atoms. The molecule has 2 aliphatic rings. The topological polar surface area (TPSA) is 75.3 Å². The van der Waals surface area contributed by atoms with Crippen LogP contribution < -0.4 is 4.74 Å². The average molecular weight is 424 g/mol. The smallest absolute Gasteiger partial charge is 0.256 e. The third kappa shape index (κ3) is 2.89. The molecule has 3 aromatic rings. The van der Waals surface area contributed by atoms with E-state index in [1.54, 1.807) is 6.20 Å². The highest BCUT2D eigenvalue weighted by Crippen LogP contribution is 2.43. The number of ether oxygens (including phenoxy) is 1. The molecule has 1 aromatic heterocycles. The van der Waals surface area contributed by atoms with Gasteiger partial charge in [0.15, 0.2) is 5.78 Å². The van der Waals surface area contributed by atoms with Crippen molar-refractivity contribution in [2.75, 3.05) is 13.1 Å². The van der Waals surface area contributed by atoms with Crippen molar-refractivity contribution in [2.45, 2.75) is 38.7 Å². The number of rotatable bonds is 1. The lowest BCUT2D eigenvalue weighted by atomic mass is 9.81. The SMILES string of the molecule is Cc1cc2c(c(C)c1Cl)C(=O)CC1(CCN(C(=O)c3cccc4cn[nH]c34)CC1)O2. The van der Waals surface area contributed by atoms with E-state index in [1.807, 2.05) is 43.0 Å². The van der Waals surface area contributed by atoms with Crippen molar-refractivity contribution in [3.63, 3.8) is 0 Å². The zero-order chi connectivity index (χ0) is 21.0. The molecule has 7 heteroatoms. The first-order chi connectivity index (χ1) is 14.4. The summed E-state index contributed by atoms with van der Waals surface area (Å²) in [6, 6.07) is 7.47. The van der Waals surface area contributed by atoms with Crippen LogP contribution in [0.25, 0.3) is 10.9 Å². The maximum atomic E-state index is 13.1. The average Bonchev–Trinajstić information content (AvgIpc) is 3.20. The van der Waals surface area contributed by atoms with E-state index in [1.165, 1.54) is 0 Å². The Morgan fingerprint density at radius 1 is 1.27 bits per heavy atom. The summed E-state index contributed by atoms with van der Waals surface area (Å²) < 4.78 is 6.41. The second kappa shape index (κ2) is 6.84. The summed E-state index contributed by atoms with van der Waals surface area (Å²) in [7, 11) is 0. The number of aromatic nitrogens is 2. The highest BCUT2D eigenvalue weighted by Gasteiger charge is 2.44. The lowest BCUT2D eigenvalue weighted by Crippen LogP contribution is -2.52. The Hall–Kier alpha value is -2.86. The summed E-state index contributed by atoms with van der Waals surface area (Å²) >= 11 is 6.34. The molecule has 0 unspecified atom stereocenters. The molecule has 0 radical (unpaired) electrons. The highest BCUT2D eigenvalue weighted by molar-refractivity contribution is 6.32. The van der Waals surface area contributed by atoms with Crippen LogP contribution in [-0.4, -0.2) is 45.5 Å². The van der Waals surface area contributed by atoms with Gasteiger partial charge < -0.3 is 9.64 Å². The van der Waals surface area contributed by atoms with Crippen LogP contribution in [0.4, 0.5) is 0 Å². The Kier molecular flexibility index (Phi) is 4.36. The van der Waals surface area contributed by atoms with Crippen molar-refractivity contribution >= 4 is 34.2 Å². The molecular formula is C23H22ClN3O3. The number of ketones is 1. The number of hydrogen-bond donors (Lipinski definition) is 1. The number of Topliss-reactive ketones (excluding diaryl/α,β-unsaturated/α-hetero) is 1. The minimum absolute atomic E-state index is 0.0271. The first-order valence-electron chi connectivity index (χ1n) is 10.1. The van der Waals surface area contributed by atoms with Crippen molar-refractivity contribution in [2.24, 2.45) is 0 Å². The van der Waals surface area contributed by atoms with Crippen LogP contribution in [0, 0.1) is 13.8 Å². The van der Waals surface area contributed by atoms with Gasteiger partial charge in [0.25, 0.3) is 5.91 Å². The number of aryl methyl sites for hydroxylation is 1. The number of para-hydroxylation sites is 1. The monoisotopic (exact) mass is 423 g/mol. The van der Waals surface area contributed by atoms with Crippen LogP contribution in [0.2, 0.25) is 5.02 Å². The Morgan fingerprint density at radius 2 is 2.03 bits per heavy atom. The molecule has 3 heterocycles. The number of amides is 1. The van der Waals surface area contributed by atoms with Crippen molar-refractivity contribution < 1.29 is 14.3 Å². The van der Waals surface area contributed by atoms with Gasteiger partial charge in [0, 0.05) is 36.3 Å². The largest absolute Gasteiger partial charge is 0.486 e. The van der Waals surface area contributed by atoms with Crippen molar-refractivity contribution in [1.29, 1.82) is 0 Å². The molecule has 6 nitrogen and oxygen atoms in total. The molecule has 2 aliphatic heterocycles. The lowest BCUT2D eigenvalue weighted by molar-refractivity contribution is -0.00576. The number of fused-ring (bicyclic) bond motifs is 2. The number of benzene rings is 2. The normalized spacial score (nSPS) is 17.8. The third-order valence-electron chi connectivity index (χ3n) is 6.40. The first-order valence-corrected chi connectivity index (χ1v) is 10.5. The fraction of sp³-hybridized carbons (Fsp3) is 0.348. The van der Waals surface area contributed by atoms with E-state index in [-0.39, 0.29) is 11.7 Å². The molecule has 2 aromatic carbocycles. The number of hydrogen-bond acceptors (Lipinski definition) is 4. The summed E-state index contributed by atoms with van der Waals surface area (Å²) in [4.78, 5) is 27.9. The van der Waals surface area contributed by atoms with Gasteiger partial charge in [-0.3, -0.25) is 14.7 Å². The summed E-state index contributed by atoms with van der Waals surface area (Å²) in [5.74, 6) is 0.658. The second-order valence-corrected chi connectivity index (χ2v) is 8.70. The predicted molar refractivity (Wildman–Crippen MR) is 114 cm³/mol. The van der Waals surface area contributed by atoms with Crippen LogP contribution in [0.1, 0.15) is 51.1 Å². The van der Waals surface area contributed by atoms with Crippen LogP contribution in [0.5, 0.6) is 5.75 Å². The minimum atomic E-state index is -0.562.